The largest absolute Gasteiger partial charge is 0.472 e. The molecule has 5 atom stereocenters. The van der Waals surface area contributed by atoms with E-state index in [2.05, 4.69) is 203 Å². The van der Waals surface area contributed by atoms with Crippen LogP contribution in [0.3, 0.4) is 0 Å². The van der Waals surface area contributed by atoms with Crippen molar-refractivity contribution in [1.82, 2.24) is 0 Å². The van der Waals surface area contributed by atoms with E-state index in [1.54, 1.807) is 0 Å². The Morgan fingerprint density at radius 3 is 0.789 bits per heavy atom. The van der Waals surface area contributed by atoms with Crippen molar-refractivity contribution in [3.63, 3.8) is 0 Å². The average molecular weight is 1560 g/mol. The molecule has 18 heteroatoms. The summed E-state index contributed by atoms with van der Waals surface area (Å²) >= 11 is 0. The molecule has 4 N–H and O–H groups in total. The fourth-order valence-electron chi connectivity index (χ4n) is 10.8. The molecule has 0 aromatic rings. The minimum Gasteiger partial charge on any atom is -0.463 e. The van der Waals surface area contributed by atoms with Crippen molar-refractivity contribution in [1.29, 1.82) is 0 Å². The van der Waals surface area contributed by atoms with Crippen molar-refractivity contribution >= 4 is 33.6 Å². The Morgan fingerprint density at radius 2 is 0.486 bits per heavy atom. The van der Waals surface area contributed by atoms with E-state index in [0.717, 1.165) is 173 Å². The maximum Gasteiger partial charge on any atom is 0.472 e. The SMILES string of the molecule is CC/C=C\C/C=C\C/C=C\C/C=C\C/C=C\C/C=C\CCCCCCCCCCCCCCCCC(=O)OCC(O)COP(=O)(O)OCC(O)COP(=O)(O)OCC(COC(=O)CCCC/C=C\C/C=C\C/C=C\C/C=C\C/C=C\C/C=C\CC)OC(=O)CCCCCCCC/C=C\C/C=C\C/C=C\CCCCC. The highest BCUT2D eigenvalue weighted by molar-refractivity contribution is 7.47. The summed E-state index contributed by atoms with van der Waals surface area (Å²) in [6.07, 6.45) is 107. The monoisotopic (exact) mass is 1560 g/mol. The average Bonchev–Trinajstić information content (AvgIpc) is 0.896. The normalized spacial score (nSPS) is 14.8. The summed E-state index contributed by atoms with van der Waals surface area (Å²) in [5.74, 6) is -1.65. The van der Waals surface area contributed by atoms with E-state index in [-0.39, 0.29) is 19.3 Å². The third-order valence-corrected chi connectivity index (χ3v) is 19.0. The van der Waals surface area contributed by atoms with Gasteiger partial charge in [-0.1, -0.05) is 319 Å². The smallest absolute Gasteiger partial charge is 0.463 e. The molecule has 0 aliphatic rings. The third-order valence-electron chi connectivity index (χ3n) is 17.1. The zero-order valence-corrected chi connectivity index (χ0v) is 69.7. The maximum absolute atomic E-state index is 13.0. The van der Waals surface area contributed by atoms with Crippen LogP contribution >= 0.6 is 15.6 Å². The molecule has 0 aromatic heterocycles. The molecule has 0 amide bonds. The van der Waals surface area contributed by atoms with Crippen LogP contribution in [0.15, 0.2) is 182 Å². The van der Waals surface area contributed by atoms with Crippen LogP contribution in [0.1, 0.15) is 316 Å². The Balaban J connectivity index is 4.58. The van der Waals surface area contributed by atoms with Gasteiger partial charge in [-0.3, -0.25) is 32.5 Å². The van der Waals surface area contributed by atoms with Crippen molar-refractivity contribution in [3.8, 4) is 0 Å². The summed E-state index contributed by atoms with van der Waals surface area (Å²) in [5, 5.41) is 20.7. The molecule has 0 saturated carbocycles. The number of esters is 3. The molecule has 0 heterocycles. The highest BCUT2D eigenvalue weighted by Gasteiger charge is 2.29. The van der Waals surface area contributed by atoms with E-state index in [9.17, 15) is 43.5 Å². The number of unbranched alkanes of at least 4 members (excludes halogenated alkanes) is 25. The Labute approximate surface area is 662 Å². The van der Waals surface area contributed by atoms with Gasteiger partial charge in [0.2, 0.25) is 0 Å². The summed E-state index contributed by atoms with van der Waals surface area (Å²) in [5.41, 5.74) is 0. The summed E-state index contributed by atoms with van der Waals surface area (Å²) in [4.78, 5) is 58.8. The number of phosphoric ester groups is 2. The van der Waals surface area contributed by atoms with Gasteiger partial charge in [0.15, 0.2) is 6.10 Å². The number of hydrogen-bond acceptors (Lipinski definition) is 14. The second-order valence-corrected chi connectivity index (χ2v) is 30.4. The number of carbonyl (C=O) groups excluding carboxylic acids is 3. The van der Waals surface area contributed by atoms with E-state index in [1.165, 1.54) is 83.5 Å². The van der Waals surface area contributed by atoms with Gasteiger partial charge in [0.1, 0.15) is 25.4 Å². The van der Waals surface area contributed by atoms with Crippen molar-refractivity contribution in [3.05, 3.63) is 182 Å². The van der Waals surface area contributed by atoms with E-state index < -0.39 is 91.5 Å². The quantitative estimate of drug-likeness (QED) is 0.0146. The summed E-state index contributed by atoms with van der Waals surface area (Å²) in [7, 11) is -9.82. The molecular formula is C91H150O16P2. The highest BCUT2D eigenvalue weighted by Crippen LogP contribution is 2.45. The molecule has 0 saturated heterocycles. The Hall–Kier alpha value is -5.35. The van der Waals surface area contributed by atoms with Crippen LogP contribution in [0.4, 0.5) is 0 Å². The minimum atomic E-state index is -4.95. The lowest BCUT2D eigenvalue weighted by Crippen LogP contribution is -2.30. The standard InChI is InChI=1S/C91H150O16P2/c1-4-7-10-13-16-19-22-25-28-31-34-36-37-38-39-40-41-42-43-44-45-46-47-49-52-53-56-59-62-65-68-71-74-77-89(94)101-80-86(92)81-103-108(97,98)104-82-87(93)83-105-109(99,100)106-85-88(107-91(96)79-76-73-70-67-64-61-58-55-50-33-30-27-24-21-18-15-12-9-6-3)84-102-90(95)78-75-72-69-66-63-60-57-54-51-48-35-32-29-26-23-20-17-14-11-8-5-2/h7-8,10-11,16-21,25-30,34-36,38-39,41-42,48,50,54-55,57,63,66,86-88,92-93H,4-6,9,12-15,22-24,31-33,37,40,43-47,49,51-53,56,58-62,64-65,67-85H2,1-3H3,(H,97,98)(H,99,100)/b10-7-,11-8-,19-16-,20-17-,21-18-,28-25-,29-26-,30-27-,36-34-,39-38-,42-41-,48-35-,55-50-,57-54-,66-63-. The number of ether oxygens (including phenoxy) is 3. The van der Waals surface area contributed by atoms with Gasteiger partial charge in [0, 0.05) is 19.3 Å². The van der Waals surface area contributed by atoms with Gasteiger partial charge in [0.25, 0.3) is 0 Å². The Morgan fingerprint density at radius 1 is 0.266 bits per heavy atom. The number of aliphatic hydroxyl groups excluding tert-OH is 2. The first-order chi connectivity index (χ1) is 53.2. The number of carbonyl (C=O) groups is 3. The molecule has 0 spiro atoms. The van der Waals surface area contributed by atoms with E-state index >= 15 is 0 Å². The van der Waals surface area contributed by atoms with Gasteiger partial charge >= 0.3 is 33.6 Å². The lowest BCUT2D eigenvalue weighted by Gasteiger charge is -2.21. The fraction of sp³-hybridized carbons (Fsp3) is 0.637. The molecule has 0 aliphatic heterocycles. The predicted molar refractivity (Wildman–Crippen MR) is 454 cm³/mol. The van der Waals surface area contributed by atoms with Crippen LogP contribution in [0.25, 0.3) is 0 Å². The van der Waals surface area contributed by atoms with Crippen LogP contribution < -0.4 is 0 Å². The lowest BCUT2D eigenvalue weighted by molar-refractivity contribution is -0.161. The predicted octanol–water partition coefficient (Wildman–Crippen LogP) is 25.3. The fourth-order valence-corrected chi connectivity index (χ4v) is 12.3. The molecule has 109 heavy (non-hydrogen) atoms. The first-order valence-corrected chi connectivity index (χ1v) is 45.1. The number of aliphatic hydroxyl groups is 2. The van der Waals surface area contributed by atoms with Crippen molar-refractivity contribution in [2.45, 2.75) is 334 Å². The molecular weight excluding hydrogens is 1410 g/mol. The number of hydrogen-bond donors (Lipinski definition) is 4. The van der Waals surface area contributed by atoms with Crippen molar-refractivity contribution in [2.75, 3.05) is 39.6 Å². The van der Waals surface area contributed by atoms with Gasteiger partial charge < -0.3 is 34.2 Å². The number of rotatable bonds is 78. The molecule has 16 nitrogen and oxygen atoms in total. The van der Waals surface area contributed by atoms with Gasteiger partial charge in [-0.05, 0) is 161 Å². The van der Waals surface area contributed by atoms with Crippen LogP contribution in [-0.2, 0) is 55.8 Å². The number of allylic oxidation sites excluding steroid dienone is 30. The first-order valence-electron chi connectivity index (χ1n) is 42.1. The second-order valence-electron chi connectivity index (χ2n) is 27.5. The molecule has 0 aromatic carbocycles. The van der Waals surface area contributed by atoms with Gasteiger partial charge in [-0.15, -0.1) is 0 Å². The summed E-state index contributed by atoms with van der Waals surface area (Å²) in [6, 6.07) is 0. The minimum absolute atomic E-state index is 0.0742. The Kier molecular flexibility index (Phi) is 78.1. The molecule has 0 rings (SSSR count). The summed E-state index contributed by atoms with van der Waals surface area (Å²) < 4.78 is 61.2. The second kappa shape index (κ2) is 82.1. The Bertz CT molecular complexity index is 2710. The van der Waals surface area contributed by atoms with Crippen LogP contribution in [0.2, 0.25) is 0 Å². The molecule has 0 aliphatic carbocycles. The van der Waals surface area contributed by atoms with E-state index in [0.29, 0.717) is 19.3 Å². The van der Waals surface area contributed by atoms with Crippen LogP contribution in [0, 0.1) is 0 Å². The van der Waals surface area contributed by atoms with Crippen LogP contribution in [-0.4, -0.2) is 95.9 Å². The van der Waals surface area contributed by atoms with E-state index in [1.807, 2.05) is 0 Å². The van der Waals surface area contributed by atoms with E-state index in [4.69, 9.17) is 32.3 Å². The molecule has 0 radical (unpaired) electrons. The van der Waals surface area contributed by atoms with Gasteiger partial charge in [-0.25, -0.2) is 9.13 Å². The molecule has 620 valence electrons. The summed E-state index contributed by atoms with van der Waals surface area (Å²) in [6.45, 7) is 2.36. The van der Waals surface area contributed by atoms with Crippen molar-refractivity contribution in [2.24, 2.45) is 0 Å². The first kappa shape index (κ1) is 104. The lowest BCUT2D eigenvalue weighted by atomic mass is 10.0. The highest BCUT2D eigenvalue weighted by atomic mass is 31.2. The van der Waals surface area contributed by atoms with Gasteiger partial charge in [-0.2, -0.15) is 0 Å². The van der Waals surface area contributed by atoms with Crippen LogP contribution in [0.5, 0.6) is 0 Å². The molecule has 5 unspecified atom stereocenters. The zero-order chi connectivity index (χ0) is 79.4. The maximum atomic E-state index is 13.0. The number of phosphoric acid groups is 2. The van der Waals surface area contributed by atoms with Gasteiger partial charge in [0.05, 0.1) is 26.4 Å². The molecule has 0 bridgehead atoms. The third kappa shape index (κ3) is 83.4. The zero-order valence-electron chi connectivity index (χ0n) is 67.9. The van der Waals surface area contributed by atoms with Crippen molar-refractivity contribution < 1.29 is 75.8 Å². The molecule has 0 fully saturated rings. The topological polar surface area (TPSA) is 231 Å².